The summed E-state index contributed by atoms with van der Waals surface area (Å²) in [5.41, 5.74) is 27.9. The molecule has 0 amide bonds. The molecule has 7 nitrogen and oxygen atoms in total. The highest BCUT2D eigenvalue weighted by Crippen LogP contribution is 2.39. The van der Waals surface area contributed by atoms with Gasteiger partial charge in [-0.1, -0.05) is 42.5 Å². The van der Waals surface area contributed by atoms with E-state index in [1.807, 2.05) is 54.6 Å². The molecular weight excluding hydrogens is 448 g/mol. The van der Waals surface area contributed by atoms with Crippen LogP contribution in [0.25, 0.3) is 21.5 Å². The maximum absolute atomic E-state index is 8.73. The highest BCUT2D eigenvalue weighted by Gasteiger charge is 2.24. The summed E-state index contributed by atoms with van der Waals surface area (Å²) in [5.74, 6) is 0.213. The molecule has 0 spiro atoms. The molecule has 184 valence electrons. The maximum Gasteiger partial charge on any atom is 0.117 e. The molecule has 0 saturated carbocycles. The van der Waals surface area contributed by atoms with Crippen LogP contribution in [-0.2, 0) is 0 Å². The highest BCUT2D eigenvalue weighted by atomic mass is 16.3. The van der Waals surface area contributed by atoms with Gasteiger partial charge in [0.25, 0.3) is 0 Å². The summed E-state index contributed by atoms with van der Waals surface area (Å²) < 4.78 is 0. The monoisotopic (exact) mass is 480 g/mol. The molecule has 0 atom stereocenters. The molecule has 0 aromatic heterocycles. The first-order valence-corrected chi connectivity index (χ1v) is 11.6. The summed E-state index contributed by atoms with van der Waals surface area (Å²) in [7, 11) is 0. The second kappa shape index (κ2) is 9.84. The predicted molar refractivity (Wildman–Crippen MR) is 155 cm³/mol. The zero-order valence-electron chi connectivity index (χ0n) is 20.4. The van der Waals surface area contributed by atoms with Gasteiger partial charge in [-0.3, -0.25) is 0 Å². The number of nitrogens with one attached hydrogen (secondary N) is 2. The molecule has 5 aromatic carbocycles. The first-order chi connectivity index (χ1) is 17.1. The summed E-state index contributed by atoms with van der Waals surface area (Å²) in [6.07, 6.45) is 0. The van der Waals surface area contributed by atoms with Crippen LogP contribution in [0.15, 0.2) is 91.0 Å². The molecular formula is C29H32N6O. The van der Waals surface area contributed by atoms with Crippen molar-refractivity contribution in [3.63, 3.8) is 0 Å². The summed E-state index contributed by atoms with van der Waals surface area (Å²) in [4.78, 5) is 0. The fourth-order valence-corrected chi connectivity index (χ4v) is 4.21. The van der Waals surface area contributed by atoms with Gasteiger partial charge in [-0.15, -0.1) is 0 Å². The molecule has 36 heavy (non-hydrogen) atoms. The number of anilines is 6. The Balaban J connectivity index is 0.000000135. The number of rotatable bonds is 0. The zero-order chi connectivity index (χ0) is 25.9. The third kappa shape index (κ3) is 5.31. The van der Waals surface area contributed by atoms with Crippen LogP contribution in [0.4, 0.5) is 34.1 Å². The molecule has 0 aliphatic carbocycles. The van der Waals surface area contributed by atoms with Gasteiger partial charge >= 0.3 is 0 Å². The third-order valence-corrected chi connectivity index (χ3v) is 5.83. The van der Waals surface area contributed by atoms with Crippen LogP contribution in [0.3, 0.4) is 0 Å². The Morgan fingerprint density at radius 2 is 1.08 bits per heavy atom. The number of phenolic OH excluding ortho intramolecular Hbond substituents is 1. The number of aromatic hydroxyl groups is 1. The number of nitrogens with two attached hydrogens (primary N) is 4. The fourth-order valence-electron chi connectivity index (χ4n) is 4.21. The molecule has 0 saturated heterocycles. The quantitative estimate of drug-likeness (QED) is 0.135. The topological polar surface area (TPSA) is 148 Å². The van der Waals surface area contributed by atoms with Gasteiger partial charge < -0.3 is 38.7 Å². The average molecular weight is 481 g/mol. The van der Waals surface area contributed by atoms with Gasteiger partial charge in [-0.05, 0) is 56.3 Å². The van der Waals surface area contributed by atoms with Crippen molar-refractivity contribution in [1.82, 2.24) is 0 Å². The molecule has 6 rings (SSSR count). The highest BCUT2D eigenvalue weighted by molar-refractivity contribution is 6.09. The number of hydrogen-bond donors (Lipinski definition) is 7. The Bertz CT molecular complexity index is 1460. The van der Waals surface area contributed by atoms with Gasteiger partial charge in [-0.25, -0.2) is 0 Å². The lowest BCUT2D eigenvalue weighted by molar-refractivity contribution is 0.475. The summed E-state index contributed by atoms with van der Waals surface area (Å²) in [6, 6.07) is 28.2. The van der Waals surface area contributed by atoms with Crippen molar-refractivity contribution in [2.75, 3.05) is 33.6 Å². The van der Waals surface area contributed by atoms with Crippen molar-refractivity contribution in [1.29, 1.82) is 0 Å². The van der Waals surface area contributed by atoms with Crippen LogP contribution in [0.2, 0.25) is 0 Å². The van der Waals surface area contributed by atoms with E-state index in [1.165, 1.54) is 11.5 Å². The Labute approximate surface area is 210 Å². The van der Waals surface area contributed by atoms with E-state index < -0.39 is 0 Å². The van der Waals surface area contributed by atoms with Gasteiger partial charge in [0.1, 0.15) is 11.4 Å². The van der Waals surface area contributed by atoms with E-state index in [1.54, 1.807) is 18.2 Å². The molecule has 1 heterocycles. The number of fused-ring (bicyclic) bond motifs is 1. The molecule has 5 aromatic rings. The Hall–Kier alpha value is -4.78. The van der Waals surface area contributed by atoms with Gasteiger partial charge in [0.15, 0.2) is 0 Å². The molecule has 11 N–H and O–H groups in total. The minimum absolute atomic E-state index is 0.128. The first-order valence-electron chi connectivity index (χ1n) is 11.6. The van der Waals surface area contributed by atoms with Crippen LogP contribution in [0, 0.1) is 0 Å². The van der Waals surface area contributed by atoms with Crippen molar-refractivity contribution in [3.05, 3.63) is 91.0 Å². The van der Waals surface area contributed by atoms with E-state index in [2.05, 4.69) is 36.6 Å². The fraction of sp³-hybridized carbons (Fsp3) is 0.103. The van der Waals surface area contributed by atoms with E-state index >= 15 is 0 Å². The first kappa shape index (κ1) is 24.3. The van der Waals surface area contributed by atoms with E-state index in [9.17, 15) is 0 Å². The third-order valence-electron chi connectivity index (χ3n) is 5.83. The minimum atomic E-state index is -0.128. The van der Waals surface area contributed by atoms with Gasteiger partial charge in [0.05, 0.1) is 0 Å². The van der Waals surface area contributed by atoms with Gasteiger partial charge in [-0.2, -0.15) is 0 Å². The Morgan fingerprint density at radius 3 is 1.64 bits per heavy atom. The molecule has 0 radical (unpaired) electrons. The summed E-state index contributed by atoms with van der Waals surface area (Å²) >= 11 is 0. The van der Waals surface area contributed by atoms with Crippen LogP contribution >= 0.6 is 0 Å². The van der Waals surface area contributed by atoms with Crippen molar-refractivity contribution in [3.8, 4) is 5.75 Å². The van der Waals surface area contributed by atoms with E-state index in [0.29, 0.717) is 5.69 Å². The second-order valence-corrected chi connectivity index (χ2v) is 9.19. The van der Waals surface area contributed by atoms with E-state index in [4.69, 9.17) is 28.0 Å². The van der Waals surface area contributed by atoms with Crippen molar-refractivity contribution >= 4 is 55.7 Å². The maximum atomic E-state index is 8.73. The molecule has 7 heteroatoms. The number of hydrogen-bond acceptors (Lipinski definition) is 7. The lowest BCUT2D eigenvalue weighted by atomic mass is 10.00. The molecule has 0 bridgehead atoms. The minimum Gasteiger partial charge on any atom is -0.508 e. The van der Waals surface area contributed by atoms with Crippen molar-refractivity contribution < 1.29 is 5.11 Å². The summed E-state index contributed by atoms with van der Waals surface area (Å²) in [5, 5.41) is 20.0. The number of phenols is 1. The Morgan fingerprint density at radius 1 is 0.583 bits per heavy atom. The molecule has 1 aliphatic rings. The Kier molecular flexibility index (Phi) is 6.65. The lowest BCUT2D eigenvalue weighted by Crippen LogP contribution is -2.41. The van der Waals surface area contributed by atoms with Crippen molar-refractivity contribution in [2.45, 2.75) is 19.5 Å². The van der Waals surface area contributed by atoms with Crippen LogP contribution in [-0.4, -0.2) is 10.8 Å². The zero-order valence-corrected chi connectivity index (χ0v) is 20.4. The predicted octanol–water partition coefficient (Wildman–Crippen LogP) is 5.97. The average Bonchev–Trinajstić information content (AvgIpc) is 2.84. The van der Waals surface area contributed by atoms with E-state index in [-0.39, 0.29) is 11.4 Å². The SMILES string of the molecule is CC1(C)Nc2cccc3c(N)ccc(c23)N1.Nc1ccc(N)c2ccccc12.Nc1cccc(O)c1. The second-order valence-electron chi connectivity index (χ2n) is 9.19. The van der Waals surface area contributed by atoms with Gasteiger partial charge in [0, 0.05) is 61.7 Å². The van der Waals surface area contributed by atoms with Gasteiger partial charge in [0.2, 0.25) is 0 Å². The number of benzene rings is 5. The normalized spacial score (nSPS) is 12.8. The smallest absolute Gasteiger partial charge is 0.117 e. The van der Waals surface area contributed by atoms with Crippen LogP contribution < -0.4 is 33.6 Å². The molecule has 0 fully saturated rings. The van der Waals surface area contributed by atoms with Crippen LogP contribution in [0.5, 0.6) is 5.75 Å². The number of nitrogen functional groups attached to an aromatic ring is 4. The van der Waals surface area contributed by atoms with E-state index in [0.717, 1.165) is 44.6 Å². The van der Waals surface area contributed by atoms with Crippen molar-refractivity contribution in [2.24, 2.45) is 0 Å². The molecule has 0 unspecified atom stereocenters. The largest absolute Gasteiger partial charge is 0.508 e. The molecule has 1 aliphatic heterocycles. The standard InChI is InChI=1S/C13H15N3.C10H10N2.C6H7NO/c1-13(2)15-10-5-3-4-8-9(14)6-7-11(16-13)12(8)10;11-9-5-6-10(12)8-4-2-1-3-7(8)9;7-5-2-1-3-6(8)4-5/h3-7,15-16H,14H2,1-2H3;1-6H,11-12H2;1-4,8H,7H2. The summed E-state index contributed by atoms with van der Waals surface area (Å²) in [6.45, 7) is 4.23. The van der Waals surface area contributed by atoms with Crippen LogP contribution in [0.1, 0.15) is 13.8 Å². The lowest BCUT2D eigenvalue weighted by Gasteiger charge is -2.36.